The highest BCUT2D eigenvalue weighted by atomic mass is 16.7. The Morgan fingerprint density at radius 2 is 2.06 bits per heavy atom. The van der Waals surface area contributed by atoms with E-state index in [-0.39, 0.29) is 35.7 Å². The Kier molecular flexibility index (Phi) is 9.51. The minimum absolute atomic E-state index is 0.0145. The van der Waals surface area contributed by atoms with E-state index in [2.05, 4.69) is 18.6 Å². The number of hydrogen-bond acceptors (Lipinski definition) is 6. The number of aliphatic hydroxyl groups excluding tert-OH is 1. The van der Waals surface area contributed by atoms with Gasteiger partial charge >= 0.3 is 5.97 Å². The van der Waals surface area contributed by atoms with Crippen LogP contribution < -0.4 is 0 Å². The molecule has 0 amide bonds. The minimum atomic E-state index is -0.572. The lowest BCUT2D eigenvalue weighted by atomic mass is 9.64. The molecule has 1 fully saturated rings. The molecule has 1 aliphatic heterocycles. The van der Waals surface area contributed by atoms with Crippen molar-refractivity contribution in [3.8, 4) is 0 Å². The van der Waals surface area contributed by atoms with Crippen molar-refractivity contribution >= 4 is 11.8 Å². The Morgan fingerprint density at radius 3 is 2.68 bits per heavy atom. The van der Waals surface area contributed by atoms with E-state index in [0.29, 0.717) is 25.9 Å². The third kappa shape index (κ3) is 6.53. The van der Waals surface area contributed by atoms with Crippen LogP contribution >= 0.6 is 0 Å². The molecule has 6 atom stereocenters. The zero-order valence-electron chi connectivity index (χ0n) is 19.7. The lowest BCUT2D eigenvalue weighted by molar-refractivity contribution is -0.134. The molecule has 1 saturated carbocycles. The van der Waals surface area contributed by atoms with Crippen molar-refractivity contribution in [2.75, 3.05) is 13.7 Å². The van der Waals surface area contributed by atoms with Crippen molar-refractivity contribution in [2.45, 2.75) is 72.7 Å². The average Bonchev–Trinajstić information content (AvgIpc) is 2.75. The fraction of sp³-hybridized carbons (Fsp3) is 0.680. The average molecular weight is 435 g/mol. The molecule has 1 N–H and O–H groups in total. The lowest BCUT2D eigenvalue weighted by Gasteiger charge is -2.42. The maximum Gasteiger partial charge on any atom is 0.330 e. The number of ether oxygens (including phenoxy) is 3. The predicted molar refractivity (Wildman–Crippen MR) is 119 cm³/mol. The van der Waals surface area contributed by atoms with E-state index in [4.69, 9.17) is 9.47 Å². The number of fused-ring (bicyclic) bond motifs is 1. The lowest BCUT2D eigenvalue weighted by Crippen LogP contribution is -2.38. The first-order valence-electron chi connectivity index (χ1n) is 11.3. The number of allylic oxidation sites excluding steroid dienone is 3. The summed E-state index contributed by atoms with van der Waals surface area (Å²) in [5.41, 5.74) is 3.53. The zero-order chi connectivity index (χ0) is 23.1. The molecule has 6 heteroatoms. The molecule has 0 aromatic rings. The van der Waals surface area contributed by atoms with Crippen molar-refractivity contribution in [3.05, 3.63) is 35.1 Å². The highest BCUT2D eigenvalue weighted by Crippen LogP contribution is 2.47. The molecule has 0 saturated heterocycles. The van der Waals surface area contributed by atoms with Crippen molar-refractivity contribution in [2.24, 2.45) is 23.7 Å². The van der Waals surface area contributed by atoms with Gasteiger partial charge in [0, 0.05) is 30.9 Å². The molecular weight excluding hydrogens is 396 g/mol. The fourth-order valence-corrected chi connectivity index (χ4v) is 4.66. The molecule has 6 nitrogen and oxygen atoms in total. The summed E-state index contributed by atoms with van der Waals surface area (Å²) in [6, 6.07) is 0. The van der Waals surface area contributed by atoms with Crippen LogP contribution in [0.4, 0.5) is 0 Å². The van der Waals surface area contributed by atoms with Gasteiger partial charge in [0.15, 0.2) is 6.29 Å². The Labute approximate surface area is 186 Å². The van der Waals surface area contributed by atoms with Gasteiger partial charge in [-0.2, -0.15) is 0 Å². The number of Topliss-reactive ketones (excluding diaryl/α,β-unsaturated/α-hetero) is 1. The van der Waals surface area contributed by atoms with E-state index in [9.17, 15) is 14.7 Å². The third-order valence-corrected chi connectivity index (χ3v) is 6.78. The molecule has 0 aromatic carbocycles. The summed E-state index contributed by atoms with van der Waals surface area (Å²) < 4.78 is 16.1. The number of hydrogen-bond donors (Lipinski definition) is 1. The van der Waals surface area contributed by atoms with Crippen molar-refractivity contribution < 1.29 is 28.9 Å². The molecule has 31 heavy (non-hydrogen) atoms. The second-order valence-electron chi connectivity index (χ2n) is 8.82. The quantitative estimate of drug-likeness (QED) is 0.429. The monoisotopic (exact) mass is 434 g/mol. The first-order chi connectivity index (χ1) is 14.7. The van der Waals surface area contributed by atoms with Gasteiger partial charge in [-0.25, -0.2) is 4.79 Å². The van der Waals surface area contributed by atoms with Gasteiger partial charge in [-0.1, -0.05) is 25.5 Å². The van der Waals surface area contributed by atoms with Gasteiger partial charge in [0.05, 0.1) is 19.5 Å². The Hall–Kier alpha value is -1.92. The van der Waals surface area contributed by atoms with Crippen LogP contribution in [0.2, 0.25) is 0 Å². The van der Waals surface area contributed by atoms with Gasteiger partial charge in [0.2, 0.25) is 0 Å². The summed E-state index contributed by atoms with van der Waals surface area (Å²) in [7, 11) is 1.33. The van der Waals surface area contributed by atoms with Crippen molar-refractivity contribution in [1.82, 2.24) is 0 Å². The van der Waals surface area contributed by atoms with Gasteiger partial charge < -0.3 is 19.3 Å². The number of carbonyl (C=O) groups excluding carboxylic acids is 2. The van der Waals surface area contributed by atoms with Gasteiger partial charge in [-0.05, 0) is 63.0 Å². The van der Waals surface area contributed by atoms with E-state index < -0.39 is 12.1 Å². The van der Waals surface area contributed by atoms with Crippen molar-refractivity contribution in [3.63, 3.8) is 0 Å². The molecule has 2 rings (SSSR count). The number of ketones is 1. The summed E-state index contributed by atoms with van der Waals surface area (Å²) in [6.07, 6.45) is 6.76. The molecule has 0 aromatic heterocycles. The Bertz CT molecular complexity index is 734. The van der Waals surface area contributed by atoms with Crippen LogP contribution in [0.25, 0.3) is 0 Å². The van der Waals surface area contributed by atoms with Crippen molar-refractivity contribution in [1.29, 1.82) is 0 Å². The Morgan fingerprint density at radius 1 is 1.35 bits per heavy atom. The number of esters is 1. The molecular formula is C25H38O6. The second kappa shape index (κ2) is 11.6. The van der Waals surface area contributed by atoms with Crippen LogP contribution in [0, 0.1) is 23.7 Å². The standard InChI is InChI=1S/C25H38O6/c1-7-30-25-13-21-17(4)20(18(5)26)12-19(22(21)14-31-25)15(2)8-10-23(27)16(3)9-11-24(28)29-6/h9,11,14,16-17,20-21,23,25,27H,7-8,10,12-13H2,1-6H3/b11-9+,19-15+/t16-,17-,20-,21+,23-,25-/m1/s1. The van der Waals surface area contributed by atoms with Crippen LogP contribution in [-0.4, -0.2) is 43.0 Å². The van der Waals surface area contributed by atoms with Gasteiger partial charge in [-0.15, -0.1) is 0 Å². The predicted octanol–water partition coefficient (Wildman–Crippen LogP) is 4.34. The summed E-state index contributed by atoms with van der Waals surface area (Å²) in [5, 5.41) is 10.5. The van der Waals surface area contributed by atoms with Crippen LogP contribution in [0.3, 0.4) is 0 Å². The normalized spacial score (nSPS) is 29.5. The van der Waals surface area contributed by atoms with Gasteiger partial charge in [0.25, 0.3) is 0 Å². The summed E-state index contributed by atoms with van der Waals surface area (Å²) >= 11 is 0. The number of rotatable bonds is 9. The highest BCUT2D eigenvalue weighted by molar-refractivity contribution is 5.81. The first-order valence-corrected chi connectivity index (χ1v) is 11.3. The smallest absolute Gasteiger partial charge is 0.330 e. The molecule has 0 bridgehead atoms. The topological polar surface area (TPSA) is 82.1 Å². The van der Waals surface area contributed by atoms with E-state index in [1.165, 1.54) is 29.9 Å². The molecule has 1 heterocycles. The van der Waals surface area contributed by atoms with Gasteiger partial charge in [-0.3, -0.25) is 4.79 Å². The first kappa shape index (κ1) is 25.3. The van der Waals surface area contributed by atoms with Crippen LogP contribution in [0.1, 0.15) is 60.3 Å². The molecule has 0 spiro atoms. The SMILES string of the molecule is CCO[C@H]1C[C@@H]2C(=CO1)/C(=C(\C)CC[C@@H](O)[C@H](C)/C=C/C(=O)OC)C[C@@H](C(C)=O)[C@H]2C. The molecule has 1 aliphatic carbocycles. The van der Waals surface area contributed by atoms with E-state index >= 15 is 0 Å². The maximum atomic E-state index is 12.4. The molecule has 0 unspecified atom stereocenters. The van der Waals surface area contributed by atoms with E-state index in [1.807, 2.05) is 20.1 Å². The maximum absolute atomic E-state index is 12.4. The zero-order valence-corrected chi connectivity index (χ0v) is 19.7. The summed E-state index contributed by atoms with van der Waals surface area (Å²) in [5.74, 6) is 0.0814. The summed E-state index contributed by atoms with van der Waals surface area (Å²) in [6.45, 7) is 10.3. The number of aliphatic hydroxyl groups is 1. The second-order valence-corrected chi connectivity index (χ2v) is 8.82. The Balaban J connectivity index is 2.17. The van der Waals surface area contributed by atoms with Crippen LogP contribution in [0.5, 0.6) is 0 Å². The van der Waals surface area contributed by atoms with E-state index in [1.54, 1.807) is 13.0 Å². The fourth-order valence-electron chi connectivity index (χ4n) is 4.66. The number of carbonyl (C=O) groups is 2. The molecule has 0 radical (unpaired) electrons. The van der Waals surface area contributed by atoms with Crippen LogP contribution in [0.15, 0.2) is 35.1 Å². The third-order valence-electron chi connectivity index (χ3n) is 6.78. The molecule has 2 aliphatic rings. The van der Waals surface area contributed by atoms with Crippen LogP contribution in [-0.2, 0) is 23.8 Å². The number of methoxy groups -OCH3 is 1. The summed E-state index contributed by atoms with van der Waals surface area (Å²) in [4.78, 5) is 23.6. The minimum Gasteiger partial charge on any atom is -0.472 e. The van der Waals surface area contributed by atoms with E-state index in [0.717, 1.165) is 6.42 Å². The largest absolute Gasteiger partial charge is 0.472 e. The molecule has 174 valence electrons. The van der Waals surface area contributed by atoms with Gasteiger partial charge in [0.1, 0.15) is 5.78 Å². The highest BCUT2D eigenvalue weighted by Gasteiger charge is 2.42.